The average Bonchev–Trinajstić information content (AvgIpc) is 2.37. The number of aryl methyl sites for hydroxylation is 1. The van der Waals surface area contributed by atoms with E-state index in [2.05, 4.69) is 15.9 Å². The molecule has 0 aliphatic carbocycles. The number of esters is 1. The Labute approximate surface area is 82.8 Å². The molecule has 0 amide bonds. The van der Waals surface area contributed by atoms with Crippen LogP contribution in [0.1, 0.15) is 15.9 Å². The van der Waals surface area contributed by atoms with Crippen molar-refractivity contribution >= 4 is 27.7 Å². The smallest absolute Gasteiger partial charge is 0.385 e. The summed E-state index contributed by atoms with van der Waals surface area (Å²) in [6, 6.07) is 3.41. The Hall–Kier alpha value is -1.16. The molecule has 1 heterocycles. The summed E-state index contributed by atoms with van der Waals surface area (Å²) in [5.41, 5.74) is 1.25. The standard InChI is InChI=1S/C9H5BrO3/c1-4-2-3-5-6(7(4)10)8(11)9(12)13-5/h2-3H,1H3. The van der Waals surface area contributed by atoms with Gasteiger partial charge in [0.05, 0.1) is 5.56 Å². The molecule has 0 aromatic heterocycles. The van der Waals surface area contributed by atoms with Crippen LogP contribution in [0.15, 0.2) is 16.6 Å². The minimum Gasteiger partial charge on any atom is -0.420 e. The number of hydrogen-bond donors (Lipinski definition) is 0. The monoisotopic (exact) mass is 240 g/mol. The van der Waals surface area contributed by atoms with Gasteiger partial charge in [0.25, 0.3) is 5.78 Å². The maximum Gasteiger partial charge on any atom is 0.385 e. The summed E-state index contributed by atoms with van der Waals surface area (Å²) < 4.78 is 5.38. The van der Waals surface area contributed by atoms with E-state index >= 15 is 0 Å². The first-order valence-corrected chi connectivity index (χ1v) is 4.46. The number of ketones is 1. The van der Waals surface area contributed by atoms with Gasteiger partial charge < -0.3 is 4.74 Å². The number of ether oxygens (including phenoxy) is 1. The molecule has 0 radical (unpaired) electrons. The molecule has 3 nitrogen and oxygen atoms in total. The fourth-order valence-electron chi connectivity index (χ4n) is 1.21. The lowest BCUT2D eigenvalue weighted by Crippen LogP contribution is -2.10. The van der Waals surface area contributed by atoms with E-state index in [0.717, 1.165) is 5.56 Å². The van der Waals surface area contributed by atoms with Crippen molar-refractivity contribution in [1.29, 1.82) is 0 Å². The van der Waals surface area contributed by atoms with Crippen molar-refractivity contribution in [2.24, 2.45) is 0 Å². The molecule has 1 aromatic rings. The summed E-state index contributed by atoms with van der Waals surface area (Å²) in [6.45, 7) is 1.85. The largest absolute Gasteiger partial charge is 0.420 e. The molecule has 66 valence electrons. The lowest BCUT2D eigenvalue weighted by molar-refractivity contribution is -0.128. The van der Waals surface area contributed by atoms with E-state index in [1.165, 1.54) is 0 Å². The van der Waals surface area contributed by atoms with Crippen LogP contribution in [0.5, 0.6) is 5.75 Å². The summed E-state index contributed by atoms with van der Waals surface area (Å²) in [6.07, 6.45) is 0. The van der Waals surface area contributed by atoms with Gasteiger partial charge >= 0.3 is 5.97 Å². The number of Topliss-reactive ketones (excluding diaryl/α,β-unsaturated/α-hetero) is 1. The highest BCUT2D eigenvalue weighted by atomic mass is 79.9. The first-order chi connectivity index (χ1) is 6.11. The van der Waals surface area contributed by atoms with E-state index in [-0.39, 0.29) is 0 Å². The van der Waals surface area contributed by atoms with Crippen LogP contribution >= 0.6 is 15.9 Å². The highest BCUT2D eigenvalue weighted by Crippen LogP contribution is 2.34. The molecular weight excluding hydrogens is 236 g/mol. The van der Waals surface area contributed by atoms with Gasteiger partial charge in [-0.05, 0) is 34.5 Å². The van der Waals surface area contributed by atoms with E-state index < -0.39 is 11.8 Å². The van der Waals surface area contributed by atoms with Gasteiger partial charge in [-0.15, -0.1) is 0 Å². The zero-order chi connectivity index (χ0) is 9.59. The van der Waals surface area contributed by atoms with Gasteiger partial charge in [-0.1, -0.05) is 6.07 Å². The molecule has 4 heteroatoms. The fourth-order valence-corrected chi connectivity index (χ4v) is 1.72. The van der Waals surface area contributed by atoms with Gasteiger partial charge in [0.1, 0.15) is 5.75 Å². The fraction of sp³-hybridized carbons (Fsp3) is 0.111. The number of carbonyl (C=O) groups excluding carboxylic acids is 2. The van der Waals surface area contributed by atoms with Crippen LogP contribution in [0.3, 0.4) is 0 Å². The second-order valence-corrected chi connectivity index (χ2v) is 3.58. The molecule has 1 aromatic carbocycles. The normalized spacial score (nSPS) is 14.3. The van der Waals surface area contributed by atoms with Crippen LogP contribution in [0.2, 0.25) is 0 Å². The van der Waals surface area contributed by atoms with Gasteiger partial charge in [0.2, 0.25) is 0 Å². The third-order valence-corrected chi connectivity index (χ3v) is 2.93. The van der Waals surface area contributed by atoms with E-state index in [9.17, 15) is 9.59 Å². The van der Waals surface area contributed by atoms with Crippen molar-refractivity contribution in [2.45, 2.75) is 6.92 Å². The molecule has 1 aliphatic heterocycles. The van der Waals surface area contributed by atoms with Crippen molar-refractivity contribution in [3.63, 3.8) is 0 Å². The van der Waals surface area contributed by atoms with Crippen LogP contribution < -0.4 is 4.74 Å². The zero-order valence-corrected chi connectivity index (χ0v) is 8.34. The summed E-state index contributed by atoms with van der Waals surface area (Å²) >= 11 is 3.25. The van der Waals surface area contributed by atoms with Crippen molar-refractivity contribution in [3.05, 3.63) is 27.7 Å². The number of halogens is 1. The van der Waals surface area contributed by atoms with Gasteiger partial charge in [0, 0.05) is 4.47 Å². The van der Waals surface area contributed by atoms with E-state index in [1.807, 2.05) is 6.92 Å². The van der Waals surface area contributed by atoms with Crippen LogP contribution in [0.4, 0.5) is 0 Å². The minimum atomic E-state index is -0.804. The summed E-state index contributed by atoms with van der Waals surface area (Å²) in [4.78, 5) is 22.2. The van der Waals surface area contributed by atoms with Gasteiger partial charge in [-0.2, -0.15) is 0 Å². The van der Waals surface area contributed by atoms with Crippen molar-refractivity contribution in [2.75, 3.05) is 0 Å². The molecule has 0 atom stereocenters. The van der Waals surface area contributed by atoms with E-state index in [1.54, 1.807) is 12.1 Å². The third kappa shape index (κ3) is 1.09. The summed E-state index contributed by atoms with van der Waals surface area (Å²) in [5.74, 6) is -1.04. The predicted octanol–water partition coefficient (Wildman–Crippen LogP) is 1.86. The molecule has 2 rings (SSSR count). The summed E-state index contributed by atoms with van der Waals surface area (Å²) in [5, 5.41) is 0. The van der Waals surface area contributed by atoms with Gasteiger partial charge in [-0.25, -0.2) is 4.79 Å². The molecule has 13 heavy (non-hydrogen) atoms. The van der Waals surface area contributed by atoms with Crippen molar-refractivity contribution in [1.82, 2.24) is 0 Å². The Morgan fingerprint density at radius 2 is 2.00 bits per heavy atom. The van der Waals surface area contributed by atoms with Crippen LogP contribution in [-0.2, 0) is 4.79 Å². The van der Waals surface area contributed by atoms with Crippen molar-refractivity contribution in [3.8, 4) is 5.75 Å². The number of fused-ring (bicyclic) bond motifs is 1. The maximum atomic E-state index is 11.3. The van der Waals surface area contributed by atoms with E-state index in [4.69, 9.17) is 4.74 Å². The minimum absolute atomic E-state index is 0.338. The molecule has 0 bridgehead atoms. The second-order valence-electron chi connectivity index (χ2n) is 2.79. The first kappa shape index (κ1) is 8.44. The zero-order valence-electron chi connectivity index (χ0n) is 6.76. The molecular formula is C9H5BrO3. The molecule has 0 saturated carbocycles. The number of carbonyl (C=O) groups is 2. The predicted molar refractivity (Wildman–Crippen MR) is 48.8 cm³/mol. The lowest BCUT2D eigenvalue weighted by atomic mass is 10.1. The Morgan fingerprint density at radius 3 is 2.69 bits per heavy atom. The lowest BCUT2D eigenvalue weighted by Gasteiger charge is -2.00. The van der Waals surface area contributed by atoms with E-state index in [0.29, 0.717) is 15.8 Å². The topological polar surface area (TPSA) is 43.4 Å². The van der Waals surface area contributed by atoms with Crippen LogP contribution in [-0.4, -0.2) is 11.8 Å². The van der Waals surface area contributed by atoms with Gasteiger partial charge in [0.15, 0.2) is 0 Å². The Kier molecular flexibility index (Phi) is 1.73. The van der Waals surface area contributed by atoms with Gasteiger partial charge in [-0.3, -0.25) is 4.79 Å². The highest BCUT2D eigenvalue weighted by molar-refractivity contribution is 9.10. The first-order valence-electron chi connectivity index (χ1n) is 3.67. The Bertz CT molecular complexity index is 423. The number of benzene rings is 1. The SMILES string of the molecule is Cc1ccc2c(c1Br)C(=O)C(=O)O2. The molecule has 0 unspecified atom stereocenters. The van der Waals surface area contributed by atoms with Crippen LogP contribution in [0.25, 0.3) is 0 Å². The number of hydrogen-bond acceptors (Lipinski definition) is 3. The van der Waals surface area contributed by atoms with Crippen molar-refractivity contribution < 1.29 is 14.3 Å². The Morgan fingerprint density at radius 1 is 1.31 bits per heavy atom. The average molecular weight is 241 g/mol. The molecule has 0 N–H and O–H groups in total. The molecule has 1 aliphatic rings. The number of rotatable bonds is 0. The highest BCUT2D eigenvalue weighted by Gasteiger charge is 2.33. The van der Waals surface area contributed by atoms with Crippen LogP contribution in [0, 0.1) is 6.92 Å². The quantitative estimate of drug-likeness (QED) is 0.395. The second kappa shape index (κ2) is 2.67. The summed E-state index contributed by atoms with van der Waals surface area (Å²) in [7, 11) is 0. The molecule has 0 spiro atoms. The molecule has 0 fully saturated rings. The Balaban J connectivity index is 2.73. The molecule has 0 saturated heterocycles. The maximum absolute atomic E-state index is 11.3. The third-order valence-electron chi connectivity index (χ3n) is 1.91.